The van der Waals surface area contributed by atoms with E-state index in [4.69, 9.17) is 10.5 Å². The van der Waals surface area contributed by atoms with Crippen molar-refractivity contribution in [3.8, 4) is 11.6 Å². The van der Waals surface area contributed by atoms with Crippen LogP contribution in [0.3, 0.4) is 0 Å². The summed E-state index contributed by atoms with van der Waals surface area (Å²) in [5.41, 5.74) is 6.10. The van der Waals surface area contributed by atoms with Gasteiger partial charge in [0.15, 0.2) is 0 Å². The first-order valence-corrected chi connectivity index (χ1v) is 6.17. The summed E-state index contributed by atoms with van der Waals surface area (Å²) in [6, 6.07) is 7.15. The summed E-state index contributed by atoms with van der Waals surface area (Å²) >= 11 is 3.18. The Hall–Kier alpha value is -1.95. The van der Waals surface area contributed by atoms with E-state index in [0.717, 1.165) is 0 Å². The minimum atomic E-state index is -0.638. The van der Waals surface area contributed by atoms with Crippen LogP contribution in [0, 0.1) is 12.7 Å². The molecule has 1 heterocycles. The molecular weight excluding hydrogens is 315 g/mol. The second-order valence-corrected chi connectivity index (χ2v) is 4.70. The summed E-state index contributed by atoms with van der Waals surface area (Å²) in [4.78, 5) is 15.4. The van der Waals surface area contributed by atoms with E-state index >= 15 is 0 Å². The monoisotopic (exact) mass is 324 g/mol. The van der Waals surface area contributed by atoms with Crippen molar-refractivity contribution >= 4 is 21.8 Å². The van der Waals surface area contributed by atoms with E-state index in [-0.39, 0.29) is 11.4 Å². The lowest BCUT2D eigenvalue weighted by Gasteiger charge is -2.10. The van der Waals surface area contributed by atoms with Crippen molar-refractivity contribution in [3.63, 3.8) is 0 Å². The predicted molar refractivity (Wildman–Crippen MR) is 71.7 cm³/mol. The zero-order valence-corrected chi connectivity index (χ0v) is 11.6. The minimum absolute atomic E-state index is 0.0970. The number of amides is 1. The number of primary amides is 1. The summed E-state index contributed by atoms with van der Waals surface area (Å²) in [6.07, 6.45) is 0. The number of benzene rings is 1. The third-order valence-electron chi connectivity index (χ3n) is 2.37. The number of carbonyl (C=O) groups is 1. The molecule has 0 saturated heterocycles. The van der Waals surface area contributed by atoms with Crippen LogP contribution in [0.25, 0.3) is 0 Å². The van der Waals surface area contributed by atoms with E-state index in [9.17, 15) is 9.18 Å². The number of hydrogen-bond donors (Lipinski definition) is 1. The Bertz CT molecular complexity index is 647. The van der Waals surface area contributed by atoms with Crippen LogP contribution in [-0.4, -0.2) is 10.9 Å². The number of carbonyl (C=O) groups excluding carboxylic acids is 1. The molecule has 0 aliphatic heterocycles. The maximum atomic E-state index is 13.0. The topological polar surface area (TPSA) is 65.2 Å². The number of nitrogens with two attached hydrogens (primary N) is 1. The quantitative estimate of drug-likeness (QED) is 0.942. The summed E-state index contributed by atoms with van der Waals surface area (Å²) in [7, 11) is 0. The Morgan fingerprint density at radius 1 is 1.37 bits per heavy atom. The Balaban J connectivity index is 2.42. The maximum absolute atomic E-state index is 13.0. The largest absolute Gasteiger partial charge is 0.437 e. The fraction of sp³-hybridized carbons (Fsp3) is 0.0769. The SMILES string of the molecule is Cc1ccc(C(N)=O)c(Oc2ccc(F)cc2Br)n1. The standard InChI is InChI=1S/C13H10BrFN2O2/c1-7-2-4-9(12(16)18)13(17-7)19-11-5-3-8(15)6-10(11)14/h2-6H,1H3,(H2,16,18). The number of aryl methyl sites for hydroxylation is 1. The molecule has 19 heavy (non-hydrogen) atoms. The van der Waals surface area contributed by atoms with Gasteiger partial charge in [0.2, 0.25) is 5.88 Å². The van der Waals surface area contributed by atoms with Crippen LogP contribution in [0.15, 0.2) is 34.8 Å². The first-order chi connectivity index (χ1) is 8.97. The van der Waals surface area contributed by atoms with Crippen LogP contribution in [-0.2, 0) is 0 Å². The van der Waals surface area contributed by atoms with Gasteiger partial charge in [-0.25, -0.2) is 9.37 Å². The molecule has 0 spiro atoms. The van der Waals surface area contributed by atoms with Crippen molar-refractivity contribution < 1.29 is 13.9 Å². The molecule has 0 radical (unpaired) electrons. The van der Waals surface area contributed by atoms with Crippen molar-refractivity contribution in [3.05, 3.63) is 51.9 Å². The van der Waals surface area contributed by atoms with Gasteiger partial charge in [-0.15, -0.1) is 0 Å². The van der Waals surface area contributed by atoms with Gasteiger partial charge in [-0.3, -0.25) is 4.79 Å². The van der Waals surface area contributed by atoms with Crippen molar-refractivity contribution in [2.24, 2.45) is 5.73 Å². The van der Waals surface area contributed by atoms with Crippen LogP contribution in [0.2, 0.25) is 0 Å². The van der Waals surface area contributed by atoms with Gasteiger partial charge in [0.05, 0.1) is 4.47 Å². The minimum Gasteiger partial charge on any atom is -0.437 e. The smallest absolute Gasteiger partial charge is 0.254 e. The summed E-state index contributed by atoms with van der Waals surface area (Å²) in [5, 5.41) is 0. The average molecular weight is 325 g/mol. The van der Waals surface area contributed by atoms with Crippen molar-refractivity contribution in [2.75, 3.05) is 0 Å². The van der Waals surface area contributed by atoms with Gasteiger partial charge in [-0.2, -0.15) is 0 Å². The first-order valence-electron chi connectivity index (χ1n) is 5.37. The van der Waals surface area contributed by atoms with Crippen LogP contribution >= 0.6 is 15.9 Å². The highest BCUT2D eigenvalue weighted by Crippen LogP contribution is 2.30. The Morgan fingerprint density at radius 2 is 2.11 bits per heavy atom. The molecule has 2 rings (SSSR count). The predicted octanol–water partition coefficient (Wildman–Crippen LogP) is 3.18. The van der Waals surface area contributed by atoms with Crippen molar-refractivity contribution in [1.29, 1.82) is 0 Å². The highest BCUT2D eigenvalue weighted by atomic mass is 79.9. The maximum Gasteiger partial charge on any atom is 0.254 e. The number of nitrogens with zero attached hydrogens (tertiary/aromatic N) is 1. The second kappa shape index (κ2) is 5.36. The van der Waals surface area contributed by atoms with Gasteiger partial charge < -0.3 is 10.5 Å². The van der Waals surface area contributed by atoms with E-state index in [1.807, 2.05) is 0 Å². The van der Waals surface area contributed by atoms with E-state index < -0.39 is 11.7 Å². The molecule has 1 aromatic heterocycles. The number of halogens is 2. The second-order valence-electron chi connectivity index (χ2n) is 3.85. The lowest BCUT2D eigenvalue weighted by molar-refractivity contribution is 0.0997. The molecule has 1 aromatic carbocycles. The lowest BCUT2D eigenvalue weighted by Crippen LogP contribution is -2.13. The van der Waals surface area contributed by atoms with Crippen LogP contribution in [0.5, 0.6) is 11.6 Å². The van der Waals surface area contributed by atoms with E-state index in [0.29, 0.717) is 15.9 Å². The molecule has 4 nitrogen and oxygen atoms in total. The number of ether oxygens (including phenoxy) is 1. The van der Waals surface area contributed by atoms with Crippen molar-refractivity contribution in [2.45, 2.75) is 6.92 Å². The summed E-state index contributed by atoms with van der Waals surface area (Å²) in [5.74, 6) is -0.589. The molecule has 1 amide bonds. The van der Waals surface area contributed by atoms with Gasteiger partial charge in [0.25, 0.3) is 5.91 Å². The van der Waals surface area contributed by atoms with E-state index in [1.165, 1.54) is 24.3 Å². The fourth-order valence-electron chi connectivity index (χ4n) is 1.46. The van der Waals surface area contributed by atoms with Gasteiger partial charge in [-0.1, -0.05) is 0 Å². The summed E-state index contributed by atoms with van der Waals surface area (Å²) in [6.45, 7) is 1.76. The number of aromatic nitrogens is 1. The molecule has 0 aliphatic carbocycles. The van der Waals surface area contributed by atoms with Crippen molar-refractivity contribution in [1.82, 2.24) is 4.98 Å². The van der Waals surface area contributed by atoms with Gasteiger partial charge in [0, 0.05) is 5.69 Å². The molecule has 0 bridgehead atoms. The number of pyridine rings is 1. The fourth-order valence-corrected chi connectivity index (χ4v) is 1.89. The first kappa shape index (κ1) is 13.5. The van der Waals surface area contributed by atoms with Gasteiger partial charge in [-0.05, 0) is 53.2 Å². The molecule has 0 atom stereocenters. The molecule has 0 fully saturated rings. The molecule has 0 unspecified atom stereocenters. The van der Waals surface area contributed by atoms with Crippen LogP contribution in [0.1, 0.15) is 16.1 Å². The highest BCUT2D eigenvalue weighted by Gasteiger charge is 2.13. The molecule has 0 saturated carbocycles. The van der Waals surface area contributed by atoms with Crippen LogP contribution in [0.4, 0.5) is 4.39 Å². The third kappa shape index (κ3) is 3.08. The molecular formula is C13H10BrFN2O2. The molecule has 6 heteroatoms. The number of rotatable bonds is 3. The zero-order valence-electron chi connectivity index (χ0n) is 9.98. The third-order valence-corrected chi connectivity index (χ3v) is 2.99. The lowest BCUT2D eigenvalue weighted by atomic mass is 10.2. The Morgan fingerprint density at radius 3 is 2.74 bits per heavy atom. The Kier molecular flexibility index (Phi) is 3.80. The zero-order chi connectivity index (χ0) is 14.0. The average Bonchev–Trinajstić information content (AvgIpc) is 2.32. The number of hydrogen-bond acceptors (Lipinski definition) is 3. The highest BCUT2D eigenvalue weighted by molar-refractivity contribution is 9.10. The molecule has 2 N–H and O–H groups in total. The molecule has 0 aliphatic rings. The van der Waals surface area contributed by atoms with Crippen LogP contribution < -0.4 is 10.5 Å². The molecule has 98 valence electrons. The Labute approximate surface area is 117 Å². The normalized spacial score (nSPS) is 10.3. The van der Waals surface area contributed by atoms with Gasteiger partial charge >= 0.3 is 0 Å². The molecule has 2 aromatic rings. The van der Waals surface area contributed by atoms with E-state index in [1.54, 1.807) is 13.0 Å². The summed E-state index contributed by atoms with van der Waals surface area (Å²) < 4.78 is 18.9. The van der Waals surface area contributed by atoms with E-state index in [2.05, 4.69) is 20.9 Å². The van der Waals surface area contributed by atoms with Gasteiger partial charge in [0.1, 0.15) is 17.1 Å².